The second kappa shape index (κ2) is 5.16. The highest BCUT2D eigenvalue weighted by atomic mass is 16.6. The number of hydrogen-bond acceptors (Lipinski definition) is 6. The number of nitrogens with zero attached hydrogens (tertiary/aromatic N) is 2. The van der Waals surface area contributed by atoms with Gasteiger partial charge in [0.15, 0.2) is 0 Å². The number of hydrazine groups is 1. The highest BCUT2D eigenvalue weighted by Gasteiger charge is 2.40. The standard InChI is InChI=1S/C14H22N4O3/c1-13(2)8-17(9-14(3,4)21-13)11-7-5-6-10(16-15)12(11)18(19)20/h5-7,16H,8-9,15H2,1-4H3. The van der Waals surface area contributed by atoms with Gasteiger partial charge in [-0.1, -0.05) is 6.07 Å². The van der Waals surface area contributed by atoms with Gasteiger partial charge in [-0.05, 0) is 39.8 Å². The lowest BCUT2D eigenvalue weighted by molar-refractivity contribution is -0.383. The molecule has 7 heteroatoms. The molecule has 0 bridgehead atoms. The summed E-state index contributed by atoms with van der Waals surface area (Å²) in [5, 5.41) is 11.4. The van der Waals surface area contributed by atoms with Crippen LogP contribution in [0.1, 0.15) is 27.7 Å². The molecule has 0 atom stereocenters. The molecule has 0 amide bonds. The van der Waals surface area contributed by atoms with Gasteiger partial charge in [0, 0.05) is 13.1 Å². The van der Waals surface area contributed by atoms with E-state index in [0.717, 1.165) is 0 Å². The molecule has 1 fully saturated rings. The topological polar surface area (TPSA) is 93.7 Å². The molecule has 21 heavy (non-hydrogen) atoms. The monoisotopic (exact) mass is 294 g/mol. The van der Waals surface area contributed by atoms with Crippen molar-refractivity contribution in [3.8, 4) is 0 Å². The lowest BCUT2D eigenvalue weighted by atomic mass is 9.98. The smallest absolute Gasteiger partial charge is 0.316 e. The number of nitrogens with one attached hydrogen (secondary N) is 1. The first-order valence-corrected chi connectivity index (χ1v) is 6.84. The number of nitro benzene ring substituents is 1. The minimum Gasteiger partial charge on any atom is -0.366 e. The van der Waals surface area contributed by atoms with E-state index in [1.54, 1.807) is 18.2 Å². The van der Waals surface area contributed by atoms with Gasteiger partial charge < -0.3 is 15.1 Å². The Morgan fingerprint density at radius 2 is 1.86 bits per heavy atom. The van der Waals surface area contributed by atoms with Crippen molar-refractivity contribution in [2.24, 2.45) is 5.84 Å². The molecule has 0 spiro atoms. The molecular weight excluding hydrogens is 272 g/mol. The Labute approximate surface area is 124 Å². The van der Waals surface area contributed by atoms with Crippen LogP contribution in [0, 0.1) is 10.1 Å². The molecule has 0 radical (unpaired) electrons. The molecule has 1 aromatic carbocycles. The fourth-order valence-electron chi connectivity index (χ4n) is 3.05. The van der Waals surface area contributed by atoms with Gasteiger partial charge in [-0.15, -0.1) is 0 Å². The van der Waals surface area contributed by atoms with E-state index < -0.39 is 4.92 Å². The van der Waals surface area contributed by atoms with E-state index in [2.05, 4.69) is 5.43 Å². The van der Waals surface area contributed by atoms with Crippen LogP contribution >= 0.6 is 0 Å². The molecule has 7 nitrogen and oxygen atoms in total. The zero-order valence-electron chi connectivity index (χ0n) is 12.8. The van der Waals surface area contributed by atoms with Gasteiger partial charge in [0.25, 0.3) is 0 Å². The quantitative estimate of drug-likeness (QED) is 0.504. The lowest BCUT2D eigenvalue weighted by Gasteiger charge is -2.47. The lowest BCUT2D eigenvalue weighted by Crippen LogP contribution is -2.57. The van der Waals surface area contributed by atoms with Crippen LogP contribution in [0.3, 0.4) is 0 Å². The third kappa shape index (κ3) is 3.25. The van der Waals surface area contributed by atoms with Crippen LogP contribution in [0.25, 0.3) is 0 Å². The molecule has 1 saturated heterocycles. The summed E-state index contributed by atoms with van der Waals surface area (Å²) in [6.45, 7) is 9.09. The Morgan fingerprint density at radius 3 is 2.33 bits per heavy atom. The van der Waals surface area contributed by atoms with Crippen LogP contribution in [0.2, 0.25) is 0 Å². The van der Waals surface area contributed by atoms with Crippen molar-refractivity contribution in [2.45, 2.75) is 38.9 Å². The van der Waals surface area contributed by atoms with Gasteiger partial charge in [0.2, 0.25) is 0 Å². The van der Waals surface area contributed by atoms with Crippen molar-refractivity contribution >= 4 is 17.1 Å². The van der Waals surface area contributed by atoms with Crippen molar-refractivity contribution in [2.75, 3.05) is 23.4 Å². The number of benzene rings is 1. The van der Waals surface area contributed by atoms with Crippen LogP contribution < -0.4 is 16.2 Å². The third-order valence-corrected chi connectivity index (χ3v) is 3.39. The molecule has 0 aromatic heterocycles. The largest absolute Gasteiger partial charge is 0.366 e. The Hall–Kier alpha value is -1.86. The van der Waals surface area contributed by atoms with E-state index in [1.807, 2.05) is 32.6 Å². The molecule has 1 heterocycles. The van der Waals surface area contributed by atoms with Gasteiger partial charge in [-0.2, -0.15) is 0 Å². The van der Waals surface area contributed by atoms with Crippen LogP contribution in [0.5, 0.6) is 0 Å². The summed E-state index contributed by atoms with van der Waals surface area (Å²) in [5.41, 5.74) is 2.48. The third-order valence-electron chi connectivity index (χ3n) is 3.39. The van der Waals surface area contributed by atoms with Gasteiger partial charge in [-0.3, -0.25) is 16.0 Å². The first-order chi connectivity index (χ1) is 9.65. The maximum atomic E-state index is 11.4. The maximum Gasteiger partial charge on any atom is 0.316 e. The van der Waals surface area contributed by atoms with E-state index in [1.165, 1.54) is 0 Å². The Bertz CT molecular complexity index is 541. The molecule has 0 unspecified atom stereocenters. The number of para-hydroxylation sites is 1. The average molecular weight is 294 g/mol. The number of nitrogen functional groups attached to an aromatic ring is 1. The molecule has 1 aliphatic rings. The summed E-state index contributed by atoms with van der Waals surface area (Å²) in [7, 11) is 0. The average Bonchev–Trinajstić information content (AvgIpc) is 2.33. The van der Waals surface area contributed by atoms with Gasteiger partial charge in [-0.25, -0.2) is 0 Å². The van der Waals surface area contributed by atoms with Gasteiger partial charge >= 0.3 is 5.69 Å². The second-order valence-corrected chi connectivity index (χ2v) is 6.55. The predicted molar refractivity (Wildman–Crippen MR) is 82.4 cm³/mol. The second-order valence-electron chi connectivity index (χ2n) is 6.55. The molecule has 1 aromatic rings. The Kier molecular flexibility index (Phi) is 3.81. The zero-order chi connectivity index (χ0) is 15.8. The molecular formula is C14H22N4O3. The normalized spacial score (nSPS) is 20.1. The highest BCUT2D eigenvalue weighted by Crippen LogP contribution is 2.39. The minimum absolute atomic E-state index is 0.00602. The molecule has 2 rings (SSSR count). The summed E-state index contributed by atoms with van der Waals surface area (Å²) >= 11 is 0. The summed E-state index contributed by atoms with van der Waals surface area (Å²) in [6, 6.07) is 5.10. The number of morpholine rings is 1. The Morgan fingerprint density at radius 1 is 1.29 bits per heavy atom. The summed E-state index contributed by atoms with van der Waals surface area (Å²) in [4.78, 5) is 13.0. The van der Waals surface area contributed by atoms with Crippen LogP contribution in [-0.2, 0) is 4.74 Å². The molecule has 116 valence electrons. The van der Waals surface area contributed by atoms with E-state index in [0.29, 0.717) is 24.5 Å². The fraction of sp³-hybridized carbons (Fsp3) is 0.571. The SMILES string of the molecule is CC1(C)CN(c2cccc(NN)c2[N+](=O)[O-])CC(C)(C)O1. The zero-order valence-corrected chi connectivity index (χ0v) is 12.8. The van der Waals surface area contributed by atoms with E-state index in [4.69, 9.17) is 10.6 Å². The van der Waals surface area contributed by atoms with Crippen molar-refractivity contribution in [3.05, 3.63) is 28.3 Å². The fourth-order valence-corrected chi connectivity index (χ4v) is 3.05. The maximum absolute atomic E-state index is 11.4. The van der Waals surface area contributed by atoms with Crippen LogP contribution in [-0.4, -0.2) is 29.2 Å². The summed E-state index contributed by atoms with van der Waals surface area (Å²) < 4.78 is 6.02. The number of ether oxygens (including phenoxy) is 1. The van der Waals surface area contributed by atoms with Gasteiger partial charge in [0.1, 0.15) is 11.4 Å². The number of anilines is 2. The predicted octanol–water partition coefficient (Wildman–Crippen LogP) is 2.27. The number of rotatable bonds is 3. The molecule has 1 aliphatic heterocycles. The summed E-state index contributed by atoms with van der Waals surface area (Å²) in [5.74, 6) is 5.40. The Balaban J connectivity index is 2.48. The highest BCUT2D eigenvalue weighted by molar-refractivity contribution is 5.77. The molecule has 0 aliphatic carbocycles. The van der Waals surface area contributed by atoms with Gasteiger partial charge in [0.05, 0.1) is 16.1 Å². The summed E-state index contributed by atoms with van der Waals surface area (Å²) in [6.07, 6.45) is 0. The number of hydrogen-bond donors (Lipinski definition) is 2. The van der Waals surface area contributed by atoms with Crippen molar-refractivity contribution in [1.29, 1.82) is 0 Å². The minimum atomic E-state index is -0.403. The first kappa shape index (κ1) is 15.5. The first-order valence-electron chi connectivity index (χ1n) is 6.84. The number of nitro groups is 1. The van der Waals surface area contributed by atoms with E-state index >= 15 is 0 Å². The van der Waals surface area contributed by atoms with Crippen molar-refractivity contribution < 1.29 is 9.66 Å². The van der Waals surface area contributed by atoms with E-state index in [9.17, 15) is 10.1 Å². The molecule has 0 saturated carbocycles. The van der Waals surface area contributed by atoms with Crippen molar-refractivity contribution in [1.82, 2.24) is 0 Å². The van der Waals surface area contributed by atoms with Crippen LogP contribution in [0.15, 0.2) is 18.2 Å². The van der Waals surface area contributed by atoms with Crippen LogP contribution in [0.4, 0.5) is 17.1 Å². The van der Waals surface area contributed by atoms with Crippen molar-refractivity contribution in [3.63, 3.8) is 0 Å². The van der Waals surface area contributed by atoms with E-state index in [-0.39, 0.29) is 16.9 Å². The molecule has 3 N–H and O–H groups in total. The number of nitrogens with two attached hydrogens (primary N) is 1.